The summed E-state index contributed by atoms with van der Waals surface area (Å²) in [5.74, 6) is 0. The minimum atomic E-state index is -0.108. The number of nitrogen functional groups attached to an aromatic ring is 1. The van der Waals surface area contributed by atoms with Gasteiger partial charge in [-0.25, -0.2) is 0 Å². The number of hydrogen-bond acceptors (Lipinski definition) is 2. The molecule has 0 bridgehead atoms. The molecule has 2 aromatic rings. The van der Waals surface area contributed by atoms with Crippen LogP contribution in [0.25, 0.3) is 11.1 Å². The third-order valence-corrected chi connectivity index (χ3v) is 2.82. The molecule has 1 aromatic carbocycles. The maximum absolute atomic E-state index is 11.7. The molecule has 1 aromatic heterocycles. The van der Waals surface area contributed by atoms with Crippen molar-refractivity contribution in [1.29, 1.82) is 0 Å². The predicted molar refractivity (Wildman–Crippen MR) is 66.4 cm³/mol. The van der Waals surface area contributed by atoms with Crippen LogP contribution in [0.15, 0.2) is 35.3 Å². The van der Waals surface area contributed by atoms with Gasteiger partial charge in [0.1, 0.15) is 0 Å². The second-order valence-electron chi connectivity index (χ2n) is 3.92. The zero-order valence-corrected chi connectivity index (χ0v) is 9.37. The highest BCUT2D eigenvalue weighted by atomic mass is 16.1. The van der Waals surface area contributed by atoms with Gasteiger partial charge in [-0.3, -0.25) is 4.79 Å². The van der Waals surface area contributed by atoms with E-state index in [1.807, 2.05) is 32.0 Å². The molecule has 2 rings (SSSR count). The molecule has 16 heavy (non-hydrogen) atoms. The Labute approximate surface area is 93.9 Å². The highest BCUT2D eigenvalue weighted by molar-refractivity contribution is 5.70. The Morgan fingerprint density at radius 2 is 1.94 bits per heavy atom. The molecule has 0 fully saturated rings. The molecular formula is C13H14N2O. The summed E-state index contributed by atoms with van der Waals surface area (Å²) < 4.78 is 0. The summed E-state index contributed by atoms with van der Waals surface area (Å²) in [7, 11) is 0. The number of H-pyrrole nitrogens is 1. The molecule has 0 radical (unpaired) electrons. The first-order chi connectivity index (χ1) is 7.59. The van der Waals surface area contributed by atoms with E-state index in [4.69, 9.17) is 5.73 Å². The Balaban J connectivity index is 2.72. The summed E-state index contributed by atoms with van der Waals surface area (Å²) in [5.41, 5.74) is 9.98. The fourth-order valence-electron chi connectivity index (χ4n) is 1.74. The lowest BCUT2D eigenvalue weighted by Crippen LogP contribution is -2.09. The van der Waals surface area contributed by atoms with Gasteiger partial charge in [-0.1, -0.05) is 18.2 Å². The highest BCUT2D eigenvalue weighted by Crippen LogP contribution is 2.23. The zero-order valence-electron chi connectivity index (χ0n) is 9.37. The predicted octanol–water partition coefficient (Wildman–Crippen LogP) is 2.24. The SMILES string of the molecule is Cc1cccc(-c2cc(N)c[nH]c2=O)c1C. The molecule has 0 saturated carbocycles. The van der Waals surface area contributed by atoms with Crippen molar-refractivity contribution in [3.8, 4) is 11.1 Å². The van der Waals surface area contributed by atoms with E-state index in [-0.39, 0.29) is 5.56 Å². The van der Waals surface area contributed by atoms with E-state index in [9.17, 15) is 4.79 Å². The molecule has 3 N–H and O–H groups in total. The first-order valence-electron chi connectivity index (χ1n) is 5.14. The van der Waals surface area contributed by atoms with Crippen LogP contribution in [0, 0.1) is 13.8 Å². The summed E-state index contributed by atoms with van der Waals surface area (Å²) >= 11 is 0. The Kier molecular flexibility index (Phi) is 2.52. The lowest BCUT2D eigenvalue weighted by Gasteiger charge is -2.08. The van der Waals surface area contributed by atoms with Gasteiger partial charge in [0.15, 0.2) is 0 Å². The average molecular weight is 214 g/mol. The number of anilines is 1. The van der Waals surface area contributed by atoms with Crippen LogP contribution in [0.4, 0.5) is 5.69 Å². The molecule has 3 nitrogen and oxygen atoms in total. The molecule has 0 saturated heterocycles. The Bertz CT molecular complexity index is 585. The average Bonchev–Trinajstić information content (AvgIpc) is 2.26. The van der Waals surface area contributed by atoms with Crippen molar-refractivity contribution in [2.75, 3.05) is 5.73 Å². The quantitative estimate of drug-likeness (QED) is 0.764. The van der Waals surface area contributed by atoms with Gasteiger partial charge in [-0.05, 0) is 36.6 Å². The fraction of sp³-hybridized carbons (Fsp3) is 0.154. The summed E-state index contributed by atoms with van der Waals surface area (Å²) in [6, 6.07) is 7.62. The Morgan fingerprint density at radius 1 is 1.19 bits per heavy atom. The second kappa shape index (κ2) is 3.85. The van der Waals surface area contributed by atoms with Crippen LogP contribution in [-0.4, -0.2) is 4.98 Å². The summed E-state index contributed by atoms with van der Waals surface area (Å²) in [6.45, 7) is 4.03. The molecule has 82 valence electrons. The monoisotopic (exact) mass is 214 g/mol. The normalized spacial score (nSPS) is 10.4. The van der Waals surface area contributed by atoms with Crippen molar-refractivity contribution in [2.24, 2.45) is 0 Å². The van der Waals surface area contributed by atoms with Gasteiger partial charge in [0, 0.05) is 17.4 Å². The van der Waals surface area contributed by atoms with Crippen LogP contribution < -0.4 is 11.3 Å². The van der Waals surface area contributed by atoms with E-state index in [0.717, 1.165) is 11.1 Å². The van der Waals surface area contributed by atoms with Crippen LogP contribution in [0.1, 0.15) is 11.1 Å². The minimum absolute atomic E-state index is 0.108. The van der Waals surface area contributed by atoms with E-state index >= 15 is 0 Å². The number of aromatic amines is 1. The van der Waals surface area contributed by atoms with Crippen LogP contribution in [0.2, 0.25) is 0 Å². The second-order valence-corrected chi connectivity index (χ2v) is 3.92. The van der Waals surface area contributed by atoms with Crippen molar-refractivity contribution in [1.82, 2.24) is 4.98 Å². The molecule has 0 aliphatic heterocycles. The van der Waals surface area contributed by atoms with E-state index in [0.29, 0.717) is 11.3 Å². The Morgan fingerprint density at radius 3 is 2.69 bits per heavy atom. The number of nitrogens with two attached hydrogens (primary N) is 1. The van der Waals surface area contributed by atoms with Gasteiger partial charge in [0.05, 0.1) is 0 Å². The molecule has 0 aliphatic rings. The van der Waals surface area contributed by atoms with Crippen molar-refractivity contribution in [3.05, 3.63) is 51.9 Å². The minimum Gasteiger partial charge on any atom is -0.398 e. The largest absolute Gasteiger partial charge is 0.398 e. The van der Waals surface area contributed by atoms with E-state index in [1.54, 1.807) is 6.07 Å². The molecule has 0 unspecified atom stereocenters. The van der Waals surface area contributed by atoms with Gasteiger partial charge < -0.3 is 10.7 Å². The summed E-state index contributed by atoms with van der Waals surface area (Å²) in [5, 5.41) is 0. The topological polar surface area (TPSA) is 58.9 Å². The molecule has 0 spiro atoms. The maximum atomic E-state index is 11.7. The lowest BCUT2D eigenvalue weighted by molar-refractivity contribution is 1.23. The van der Waals surface area contributed by atoms with Gasteiger partial charge in [-0.15, -0.1) is 0 Å². The smallest absolute Gasteiger partial charge is 0.255 e. The van der Waals surface area contributed by atoms with Crippen molar-refractivity contribution in [2.45, 2.75) is 13.8 Å². The number of hydrogen-bond donors (Lipinski definition) is 2. The summed E-state index contributed by atoms with van der Waals surface area (Å²) in [4.78, 5) is 14.4. The molecule has 3 heteroatoms. The number of aromatic nitrogens is 1. The number of pyridine rings is 1. The van der Waals surface area contributed by atoms with Crippen molar-refractivity contribution >= 4 is 5.69 Å². The van der Waals surface area contributed by atoms with Crippen molar-refractivity contribution < 1.29 is 0 Å². The van der Waals surface area contributed by atoms with Crippen LogP contribution in [-0.2, 0) is 0 Å². The molecule has 1 heterocycles. The third-order valence-electron chi connectivity index (χ3n) is 2.82. The molecule has 0 amide bonds. The lowest BCUT2D eigenvalue weighted by atomic mass is 9.98. The van der Waals surface area contributed by atoms with E-state index in [1.165, 1.54) is 11.8 Å². The van der Waals surface area contributed by atoms with Crippen LogP contribution >= 0.6 is 0 Å². The van der Waals surface area contributed by atoms with Gasteiger partial charge in [-0.2, -0.15) is 0 Å². The van der Waals surface area contributed by atoms with Crippen LogP contribution in [0.5, 0.6) is 0 Å². The van der Waals surface area contributed by atoms with Gasteiger partial charge in [0.2, 0.25) is 0 Å². The number of benzene rings is 1. The third kappa shape index (κ3) is 1.72. The highest BCUT2D eigenvalue weighted by Gasteiger charge is 2.07. The zero-order chi connectivity index (χ0) is 11.7. The van der Waals surface area contributed by atoms with E-state index < -0.39 is 0 Å². The van der Waals surface area contributed by atoms with Crippen molar-refractivity contribution in [3.63, 3.8) is 0 Å². The van der Waals surface area contributed by atoms with Gasteiger partial charge in [0.25, 0.3) is 5.56 Å². The van der Waals surface area contributed by atoms with E-state index in [2.05, 4.69) is 4.98 Å². The molecule has 0 aliphatic carbocycles. The number of aryl methyl sites for hydroxylation is 1. The number of rotatable bonds is 1. The molecular weight excluding hydrogens is 200 g/mol. The van der Waals surface area contributed by atoms with Gasteiger partial charge >= 0.3 is 0 Å². The number of nitrogens with one attached hydrogen (secondary N) is 1. The van der Waals surface area contributed by atoms with Crippen LogP contribution in [0.3, 0.4) is 0 Å². The molecule has 0 atom stereocenters. The Hall–Kier alpha value is -2.03. The first-order valence-corrected chi connectivity index (χ1v) is 5.14. The standard InChI is InChI=1S/C13H14N2O/c1-8-4-3-5-11(9(8)2)12-6-10(14)7-15-13(12)16/h3-7H,14H2,1-2H3,(H,15,16). The first kappa shape index (κ1) is 10.5. The summed E-state index contributed by atoms with van der Waals surface area (Å²) in [6.07, 6.45) is 1.51. The fourth-order valence-corrected chi connectivity index (χ4v) is 1.74. The maximum Gasteiger partial charge on any atom is 0.255 e.